The predicted octanol–water partition coefficient (Wildman–Crippen LogP) is 3.12. The van der Waals surface area contributed by atoms with Crippen molar-refractivity contribution in [3.63, 3.8) is 0 Å². The molecule has 3 rings (SSSR count). The van der Waals surface area contributed by atoms with Crippen LogP contribution in [-0.2, 0) is 0 Å². The summed E-state index contributed by atoms with van der Waals surface area (Å²) in [7, 11) is 0. The van der Waals surface area contributed by atoms with Gasteiger partial charge in [-0.2, -0.15) is 0 Å². The van der Waals surface area contributed by atoms with Gasteiger partial charge in [-0.3, -0.25) is 0 Å². The largest absolute Gasteiger partial charge is 0.327 e. The Balaban J connectivity index is 1.74. The molecule has 0 spiro atoms. The van der Waals surface area contributed by atoms with Crippen LogP contribution in [0.4, 0.5) is 4.79 Å². The average Bonchev–Trinajstić information content (AvgIpc) is 2.67. The molecule has 0 aromatic heterocycles. The Bertz CT molecular complexity index is 597. The van der Waals surface area contributed by atoms with E-state index in [1.54, 1.807) is 0 Å². The van der Waals surface area contributed by atoms with Crippen molar-refractivity contribution in [2.24, 2.45) is 0 Å². The molecule has 0 unspecified atom stereocenters. The molecule has 0 aliphatic carbocycles. The van der Waals surface area contributed by atoms with Gasteiger partial charge >= 0.3 is 6.03 Å². The number of amides is 2. The number of nitrogens with one attached hydrogen (secondary N) is 1. The van der Waals surface area contributed by atoms with E-state index in [4.69, 9.17) is 0 Å². The number of hydrogen-bond acceptors (Lipinski definition) is 2. The molecule has 2 aromatic rings. The Hall–Kier alpha value is -2.33. The highest BCUT2D eigenvalue weighted by atomic mass is 16.2. The van der Waals surface area contributed by atoms with Gasteiger partial charge in [-0.05, 0) is 17.7 Å². The van der Waals surface area contributed by atoms with Gasteiger partial charge in [0, 0.05) is 26.2 Å². The molecular formula is C20H25N3O. The van der Waals surface area contributed by atoms with Crippen molar-refractivity contribution < 1.29 is 4.79 Å². The average molecular weight is 323 g/mol. The fourth-order valence-corrected chi connectivity index (χ4v) is 3.13. The first-order chi connectivity index (χ1) is 11.8. The van der Waals surface area contributed by atoms with Gasteiger partial charge in [0.2, 0.25) is 0 Å². The number of hydrogen-bond donors (Lipinski definition) is 1. The summed E-state index contributed by atoms with van der Waals surface area (Å²) >= 11 is 0. The second-order valence-corrected chi connectivity index (χ2v) is 6.13. The molecule has 1 N–H and O–H groups in total. The van der Waals surface area contributed by atoms with E-state index < -0.39 is 0 Å². The minimum absolute atomic E-state index is 0.0171. The molecular weight excluding hydrogens is 298 g/mol. The molecule has 4 heteroatoms. The van der Waals surface area contributed by atoms with Crippen molar-refractivity contribution in [3.8, 4) is 0 Å². The van der Waals surface area contributed by atoms with Crippen molar-refractivity contribution in [3.05, 3.63) is 71.8 Å². The summed E-state index contributed by atoms with van der Waals surface area (Å²) in [5, 5.41) is 3.22. The van der Waals surface area contributed by atoms with Crippen LogP contribution in [0.3, 0.4) is 0 Å². The van der Waals surface area contributed by atoms with Crippen LogP contribution in [0, 0.1) is 0 Å². The zero-order valence-electron chi connectivity index (χ0n) is 14.2. The lowest BCUT2D eigenvalue weighted by molar-refractivity contribution is 0.141. The number of nitrogens with zero attached hydrogens (tertiary/aromatic N) is 2. The summed E-state index contributed by atoms with van der Waals surface area (Å²) in [4.78, 5) is 17.0. The molecule has 24 heavy (non-hydrogen) atoms. The monoisotopic (exact) mass is 323 g/mol. The summed E-state index contributed by atoms with van der Waals surface area (Å²) < 4.78 is 0. The number of likely N-dealkylation sites (N-methyl/N-ethyl adjacent to an activating group) is 1. The minimum Gasteiger partial charge on any atom is -0.327 e. The summed E-state index contributed by atoms with van der Waals surface area (Å²) in [5.41, 5.74) is 2.20. The molecule has 0 saturated carbocycles. The van der Waals surface area contributed by atoms with Crippen molar-refractivity contribution in [2.75, 3.05) is 32.7 Å². The highest BCUT2D eigenvalue weighted by Crippen LogP contribution is 2.22. The highest BCUT2D eigenvalue weighted by molar-refractivity contribution is 5.75. The van der Waals surface area contributed by atoms with Gasteiger partial charge in [0.05, 0.1) is 6.04 Å². The van der Waals surface area contributed by atoms with Crippen LogP contribution in [0.1, 0.15) is 24.1 Å². The molecule has 1 aliphatic rings. The third-order valence-electron chi connectivity index (χ3n) is 4.64. The molecule has 126 valence electrons. The van der Waals surface area contributed by atoms with Gasteiger partial charge in [-0.15, -0.1) is 0 Å². The van der Waals surface area contributed by atoms with Gasteiger partial charge < -0.3 is 15.1 Å². The summed E-state index contributed by atoms with van der Waals surface area (Å²) in [6.45, 7) is 6.69. The SMILES string of the molecule is CCN1CCN(C(=O)NC(c2ccccc2)c2ccccc2)CC1. The van der Waals surface area contributed by atoms with Crippen LogP contribution in [-0.4, -0.2) is 48.6 Å². The zero-order valence-corrected chi connectivity index (χ0v) is 14.2. The molecule has 1 saturated heterocycles. The van der Waals surface area contributed by atoms with Gasteiger partial charge in [-0.25, -0.2) is 4.79 Å². The molecule has 0 bridgehead atoms. The standard InChI is InChI=1S/C20H25N3O/c1-2-22-13-15-23(16-14-22)20(24)21-19(17-9-5-3-6-10-17)18-11-7-4-8-12-18/h3-12,19H,2,13-16H2,1H3,(H,21,24). The maximum Gasteiger partial charge on any atom is 0.318 e. The molecule has 0 atom stereocenters. The number of benzene rings is 2. The second kappa shape index (κ2) is 7.97. The number of rotatable bonds is 4. The number of piperazine rings is 1. The van der Waals surface area contributed by atoms with E-state index in [2.05, 4.69) is 41.4 Å². The number of carbonyl (C=O) groups is 1. The predicted molar refractivity (Wildman–Crippen MR) is 96.9 cm³/mol. The fourth-order valence-electron chi connectivity index (χ4n) is 3.13. The van der Waals surface area contributed by atoms with E-state index in [0.29, 0.717) is 0 Å². The first-order valence-electron chi connectivity index (χ1n) is 8.65. The Morgan fingerprint density at radius 2 is 1.42 bits per heavy atom. The summed E-state index contributed by atoms with van der Waals surface area (Å²) in [6, 6.07) is 20.2. The van der Waals surface area contributed by atoms with Crippen LogP contribution in [0.2, 0.25) is 0 Å². The number of carbonyl (C=O) groups excluding carboxylic acids is 1. The molecule has 1 heterocycles. The van der Waals surface area contributed by atoms with Gasteiger partial charge in [-0.1, -0.05) is 67.6 Å². The molecule has 1 aliphatic heterocycles. The van der Waals surface area contributed by atoms with Crippen molar-refractivity contribution >= 4 is 6.03 Å². The van der Waals surface area contributed by atoms with Crippen molar-refractivity contribution in [2.45, 2.75) is 13.0 Å². The molecule has 0 radical (unpaired) electrons. The third kappa shape index (κ3) is 3.95. The van der Waals surface area contributed by atoms with Crippen LogP contribution >= 0.6 is 0 Å². The molecule has 2 aromatic carbocycles. The minimum atomic E-state index is -0.121. The smallest absolute Gasteiger partial charge is 0.318 e. The third-order valence-corrected chi connectivity index (χ3v) is 4.64. The maximum atomic E-state index is 12.7. The van der Waals surface area contributed by atoms with E-state index in [1.807, 2.05) is 41.3 Å². The topological polar surface area (TPSA) is 35.6 Å². The summed E-state index contributed by atoms with van der Waals surface area (Å²) in [6.07, 6.45) is 0. The van der Waals surface area contributed by atoms with Gasteiger partial charge in [0.1, 0.15) is 0 Å². The van der Waals surface area contributed by atoms with Crippen LogP contribution in [0.15, 0.2) is 60.7 Å². The van der Waals surface area contributed by atoms with Crippen LogP contribution in [0.5, 0.6) is 0 Å². The number of urea groups is 1. The quantitative estimate of drug-likeness (QED) is 0.938. The molecule has 4 nitrogen and oxygen atoms in total. The van der Waals surface area contributed by atoms with Crippen molar-refractivity contribution in [1.29, 1.82) is 0 Å². The van der Waals surface area contributed by atoms with Crippen molar-refractivity contribution in [1.82, 2.24) is 15.1 Å². The summed E-state index contributed by atoms with van der Waals surface area (Å²) in [5.74, 6) is 0. The molecule has 1 fully saturated rings. The Kier molecular flexibility index (Phi) is 5.49. The van der Waals surface area contributed by atoms with E-state index >= 15 is 0 Å². The van der Waals surface area contributed by atoms with E-state index in [0.717, 1.165) is 43.9 Å². The van der Waals surface area contributed by atoms with Crippen LogP contribution < -0.4 is 5.32 Å². The second-order valence-electron chi connectivity index (χ2n) is 6.13. The van der Waals surface area contributed by atoms with Gasteiger partial charge in [0.15, 0.2) is 0 Å². The lowest BCUT2D eigenvalue weighted by Crippen LogP contribution is -2.52. The van der Waals surface area contributed by atoms with E-state index in [9.17, 15) is 4.79 Å². The highest BCUT2D eigenvalue weighted by Gasteiger charge is 2.23. The lowest BCUT2D eigenvalue weighted by atomic mass is 9.99. The normalized spacial score (nSPS) is 15.5. The lowest BCUT2D eigenvalue weighted by Gasteiger charge is -2.35. The zero-order chi connectivity index (χ0) is 16.8. The Labute approximate surface area is 144 Å². The van der Waals surface area contributed by atoms with E-state index in [-0.39, 0.29) is 12.1 Å². The first kappa shape index (κ1) is 16.5. The van der Waals surface area contributed by atoms with Crippen LogP contribution in [0.25, 0.3) is 0 Å². The Morgan fingerprint density at radius 1 is 0.917 bits per heavy atom. The Morgan fingerprint density at radius 3 is 1.88 bits per heavy atom. The maximum absolute atomic E-state index is 12.7. The molecule has 2 amide bonds. The van der Waals surface area contributed by atoms with Gasteiger partial charge in [0.25, 0.3) is 0 Å². The van der Waals surface area contributed by atoms with E-state index in [1.165, 1.54) is 0 Å². The first-order valence-corrected chi connectivity index (χ1v) is 8.65. The fraction of sp³-hybridized carbons (Fsp3) is 0.350.